The van der Waals surface area contributed by atoms with E-state index in [0.29, 0.717) is 6.54 Å². The fourth-order valence-electron chi connectivity index (χ4n) is 0.484. The van der Waals surface area contributed by atoms with E-state index in [2.05, 4.69) is 5.32 Å². The lowest BCUT2D eigenvalue weighted by Gasteiger charge is -2.17. The normalized spacial score (nSPS) is 15.6. The third kappa shape index (κ3) is 3.82. The zero-order chi connectivity index (χ0) is 8.91. The Labute approximate surface area is 77.2 Å². The molecular formula is C7H13Cl2NO. The number of halogens is 2. The summed E-state index contributed by atoms with van der Waals surface area (Å²) in [6, 6.07) is 0. The summed E-state index contributed by atoms with van der Waals surface area (Å²) in [5.41, 5.74) is 0. The molecule has 0 fully saturated rings. The summed E-state index contributed by atoms with van der Waals surface area (Å²) in [6.07, 6.45) is 0.904. The molecule has 0 aliphatic rings. The van der Waals surface area contributed by atoms with E-state index >= 15 is 0 Å². The van der Waals surface area contributed by atoms with Gasteiger partial charge >= 0.3 is 0 Å². The monoisotopic (exact) mass is 197 g/mol. The number of carbonyl (C=O) groups is 1. The third-order valence-electron chi connectivity index (χ3n) is 1.26. The summed E-state index contributed by atoms with van der Waals surface area (Å²) in [6.45, 7) is 4.23. The van der Waals surface area contributed by atoms with Gasteiger partial charge in [0.15, 0.2) is 0 Å². The van der Waals surface area contributed by atoms with Crippen LogP contribution in [0.5, 0.6) is 0 Å². The Hall–Kier alpha value is 0.0500. The van der Waals surface area contributed by atoms with E-state index in [4.69, 9.17) is 23.2 Å². The molecule has 0 saturated carbocycles. The molecule has 0 aliphatic carbocycles. The highest BCUT2D eigenvalue weighted by Gasteiger charge is 2.28. The van der Waals surface area contributed by atoms with Crippen LogP contribution in [0.25, 0.3) is 0 Å². The highest BCUT2D eigenvalue weighted by Crippen LogP contribution is 2.15. The van der Waals surface area contributed by atoms with Gasteiger partial charge in [0.1, 0.15) is 4.87 Å². The second-order valence-corrected chi connectivity index (χ2v) is 3.69. The van der Waals surface area contributed by atoms with Crippen LogP contribution in [0.1, 0.15) is 20.3 Å². The first-order chi connectivity index (χ1) is 5.04. The van der Waals surface area contributed by atoms with Crippen molar-refractivity contribution in [3.05, 3.63) is 0 Å². The minimum Gasteiger partial charge on any atom is -0.355 e. The second-order valence-electron chi connectivity index (χ2n) is 2.59. The predicted molar refractivity (Wildman–Crippen MR) is 48.3 cm³/mol. The standard InChI is InChI=1S/C7H13Cl2NO/c1-3-4-10-6(11)7(2,9)5-8/h3-5H2,1-2H3,(H,10,11). The lowest BCUT2D eigenvalue weighted by atomic mass is 10.2. The minimum absolute atomic E-state index is 0.129. The molecule has 0 spiro atoms. The van der Waals surface area contributed by atoms with Gasteiger partial charge < -0.3 is 5.32 Å². The van der Waals surface area contributed by atoms with Crippen LogP contribution in [0.2, 0.25) is 0 Å². The molecule has 2 nitrogen and oxygen atoms in total. The van der Waals surface area contributed by atoms with Crippen molar-refractivity contribution in [3.63, 3.8) is 0 Å². The first-order valence-corrected chi connectivity index (χ1v) is 4.49. The molecule has 0 aromatic carbocycles. The number of carbonyl (C=O) groups excluding carboxylic acids is 1. The Morgan fingerprint density at radius 1 is 1.64 bits per heavy atom. The van der Waals surface area contributed by atoms with Gasteiger partial charge in [0.05, 0.1) is 5.88 Å². The smallest absolute Gasteiger partial charge is 0.242 e. The van der Waals surface area contributed by atoms with E-state index in [-0.39, 0.29) is 11.8 Å². The summed E-state index contributed by atoms with van der Waals surface area (Å²) >= 11 is 11.2. The summed E-state index contributed by atoms with van der Waals surface area (Å²) < 4.78 is 0. The second kappa shape index (κ2) is 4.83. The van der Waals surface area contributed by atoms with Crippen molar-refractivity contribution < 1.29 is 4.79 Å². The lowest BCUT2D eigenvalue weighted by molar-refractivity contribution is -0.122. The summed E-state index contributed by atoms with van der Waals surface area (Å²) in [4.78, 5) is 10.2. The molecule has 0 aliphatic heterocycles. The molecule has 0 bridgehead atoms. The van der Waals surface area contributed by atoms with Crippen molar-refractivity contribution in [2.45, 2.75) is 25.1 Å². The molecule has 11 heavy (non-hydrogen) atoms. The number of rotatable bonds is 4. The average molecular weight is 198 g/mol. The highest BCUT2D eigenvalue weighted by molar-refractivity contribution is 6.39. The van der Waals surface area contributed by atoms with Crippen LogP contribution in [-0.4, -0.2) is 23.2 Å². The zero-order valence-electron chi connectivity index (χ0n) is 6.79. The summed E-state index contributed by atoms with van der Waals surface area (Å²) in [5, 5.41) is 2.67. The maximum absolute atomic E-state index is 11.1. The molecule has 0 aromatic heterocycles. The van der Waals surface area contributed by atoms with Crippen molar-refractivity contribution in [1.29, 1.82) is 0 Å². The van der Waals surface area contributed by atoms with Gasteiger partial charge in [-0.3, -0.25) is 4.79 Å². The molecule has 4 heteroatoms. The highest BCUT2D eigenvalue weighted by atomic mass is 35.5. The maximum Gasteiger partial charge on any atom is 0.242 e. The Morgan fingerprint density at radius 2 is 2.18 bits per heavy atom. The van der Waals surface area contributed by atoms with Crippen LogP contribution in [0.3, 0.4) is 0 Å². The van der Waals surface area contributed by atoms with Crippen molar-refractivity contribution in [2.75, 3.05) is 12.4 Å². The number of alkyl halides is 2. The fourth-order valence-corrected chi connectivity index (χ4v) is 0.672. The molecular weight excluding hydrogens is 185 g/mol. The van der Waals surface area contributed by atoms with Gasteiger partial charge in [0, 0.05) is 6.54 Å². The molecule has 0 heterocycles. The van der Waals surface area contributed by atoms with Crippen LogP contribution < -0.4 is 5.32 Å². The first kappa shape index (κ1) is 11.1. The lowest BCUT2D eigenvalue weighted by Crippen LogP contribution is -2.41. The van der Waals surface area contributed by atoms with Gasteiger partial charge in [-0.2, -0.15) is 0 Å². The van der Waals surface area contributed by atoms with Gasteiger partial charge in [-0.25, -0.2) is 0 Å². The Kier molecular flexibility index (Phi) is 4.86. The molecule has 1 amide bonds. The number of nitrogens with one attached hydrogen (secondary N) is 1. The van der Waals surface area contributed by atoms with E-state index in [1.54, 1.807) is 6.92 Å². The molecule has 0 rings (SSSR count). The van der Waals surface area contributed by atoms with Crippen LogP contribution >= 0.6 is 23.2 Å². The Balaban J connectivity index is 3.82. The minimum atomic E-state index is -0.962. The Bertz CT molecular complexity index is 136. The number of amides is 1. The van der Waals surface area contributed by atoms with Crippen molar-refractivity contribution in [1.82, 2.24) is 5.32 Å². The van der Waals surface area contributed by atoms with E-state index in [0.717, 1.165) is 6.42 Å². The zero-order valence-corrected chi connectivity index (χ0v) is 8.30. The predicted octanol–water partition coefficient (Wildman–Crippen LogP) is 1.75. The van der Waals surface area contributed by atoms with Crippen molar-refractivity contribution >= 4 is 29.1 Å². The van der Waals surface area contributed by atoms with Gasteiger partial charge in [-0.15, -0.1) is 23.2 Å². The third-order valence-corrected chi connectivity index (χ3v) is 2.24. The van der Waals surface area contributed by atoms with E-state index in [1.807, 2.05) is 6.92 Å². The van der Waals surface area contributed by atoms with Crippen LogP contribution in [-0.2, 0) is 4.79 Å². The molecule has 1 N–H and O–H groups in total. The summed E-state index contributed by atoms with van der Waals surface area (Å²) in [7, 11) is 0. The maximum atomic E-state index is 11.1. The average Bonchev–Trinajstić information content (AvgIpc) is 2.00. The van der Waals surface area contributed by atoms with Gasteiger partial charge in [-0.05, 0) is 13.3 Å². The quantitative estimate of drug-likeness (QED) is 0.685. The topological polar surface area (TPSA) is 29.1 Å². The van der Waals surface area contributed by atoms with Crippen molar-refractivity contribution in [2.24, 2.45) is 0 Å². The van der Waals surface area contributed by atoms with Crippen LogP contribution in [0.4, 0.5) is 0 Å². The number of hydrogen-bond acceptors (Lipinski definition) is 1. The molecule has 1 atom stereocenters. The fraction of sp³-hybridized carbons (Fsp3) is 0.857. The van der Waals surface area contributed by atoms with Crippen molar-refractivity contribution in [3.8, 4) is 0 Å². The Morgan fingerprint density at radius 3 is 2.55 bits per heavy atom. The van der Waals surface area contributed by atoms with E-state index in [1.165, 1.54) is 0 Å². The SMILES string of the molecule is CCCNC(=O)C(C)(Cl)CCl. The first-order valence-electron chi connectivity index (χ1n) is 3.57. The molecule has 66 valence electrons. The summed E-state index contributed by atoms with van der Waals surface area (Å²) in [5.74, 6) is -0.0691. The molecule has 0 radical (unpaired) electrons. The van der Waals surface area contributed by atoms with Crippen LogP contribution in [0, 0.1) is 0 Å². The molecule has 0 saturated heterocycles. The molecule has 1 unspecified atom stereocenters. The van der Waals surface area contributed by atoms with Gasteiger partial charge in [0.2, 0.25) is 5.91 Å². The van der Waals surface area contributed by atoms with Crippen LogP contribution in [0.15, 0.2) is 0 Å². The van der Waals surface area contributed by atoms with Gasteiger partial charge in [-0.1, -0.05) is 6.92 Å². The number of hydrogen-bond donors (Lipinski definition) is 1. The molecule has 0 aromatic rings. The largest absolute Gasteiger partial charge is 0.355 e. The van der Waals surface area contributed by atoms with E-state index in [9.17, 15) is 4.79 Å². The van der Waals surface area contributed by atoms with Gasteiger partial charge in [0.25, 0.3) is 0 Å². The van der Waals surface area contributed by atoms with E-state index < -0.39 is 4.87 Å².